The van der Waals surface area contributed by atoms with E-state index in [1.165, 1.54) is 22.4 Å². The molecule has 0 aliphatic heterocycles. The highest BCUT2D eigenvalue weighted by molar-refractivity contribution is 7.09. The fraction of sp³-hybridized carbons (Fsp3) is 0.444. The maximum atomic E-state index is 11.0. The molecule has 1 unspecified atom stereocenters. The van der Waals surface area contributed by atoms with Crippen molar-refractivity contribution in [2.45, 2.75) is 19.4 Å². The number of rotatable bonds is 6. The Balaban J connectivity index is 2.91. The Bertz CT molecular complexity index is 326. The molecule has 1 aromatic heterocycles. The van der Waals surface area contributed by atoms with E-state index in [9.17, 15) is 9.59 Å². The third-order valence-electron chi connectivity index (χ3n) is 1.87. The van der Waals surface area contributed by atoms with Crippen molar-refractivity contribution in [3.05, 3.63) is 16.6 Å². The number of carboxylic acid groups (broad SMARTS) is 1. The van der Waals surface area contributed by atoms with Gasteiger partial charge >= 0.3 is 5.97 Å². The highest BCUT2D eigenvalue weighted by Crippen LogP contribution is 2.21. The second-order valence-electron chi connectivity index (χ2n) is 2.95. The summed E-state index contributed by atoms with van der Waals surface area (Å²) in [6, 6.07) is -0.956. The zero-order valence-corrected chi connectivity index (χ0v) is 9.11. The molecule has 0 radical (unpaired) electrons. The average molecular weight is 228 g/mol. The van der Waals surface area contributed by atoms with Gasteiger partial charge in [-0.25, -0.2) is 9.78 Å². The van der Waals surface area contributed by atoms with Crippen LogP contribution in [0.2, 0.25) is 0 Å². The molecule has 5 nitrogen and oxygen atoms in total. The minimum absolute atomic E-state index is 0.417. The van der Waals surface area contributed by atoms with E-state index in [2.05, 4.69) is 4.98 Å². The molecule has 1 amide bonds. The number of carbonyl (C=O) groups excluding carboxylic acids is 1. The first-order valence-corrected chi connectivity index (χ1v) is 5.42. The lowest BCUT2D eigenvalue weighted by Crippen LogP contribution is -2.33. The van der Waals surface area contributed by atoms with E-state index in [1.807, 2.05) is 6.92 Å². The smallest absolute Gasteiger partial charge is 0.333 e. The van der Waals surface area contributed by atoms with E-state index >= 15 is 0 Å². The number of nitrogens with zero attached hydrogens (tertiary/aromatic N) is 2. The Morgan fingerprint density at radius 2 is 2.53 bits per heavy atom. The summed E-state index contributed by atoms with van der Waals surface area (Å²) in [6.07, 6.45) is 2.81. The second kappa shape index (κ2) is 5.45. The van der Waals surface area contributed by atoms with Crippen LogP contribution in [0.25, 0.3) is 0 Å². The molecule has 15 heavy (non-hydrogen) atoms. The van der Waals surface area contributed by atoms with Crippen molar-refractivity contribution in [2.24, 2.45) is 0 Å². The van der Waals surface area contributed by atoms with Gasteiger partial charge in [-0.1, -0.05) is 6.92 Å². The van der Waals surface area contributed by atoms with Gasteiger partial charge in [-0.3, -0.25) is 4.79 Å². The van der Waals surface area contributed by atoms with Gasteiger partial charge in [0, 0.05) is 18.1 Å². The monoisotopic (exact) mass is 228 g/mol. The van der Waals surface area contributed by atoms with E-state index in [-0.39, 0.29) is 0 Å². The molecule has 0 aliphatic carbocycles. The average Bonchev–Trinajstić information content (AvgIpc) is 2.69. The van der Waals surface area contributed by atoms with Crippen LogP contribution >= 0.6 is 11.3 Å². The number of aliphatic carboxylic acids is 1. The van der Waals surface area contributed by atoms with Crippen molar-refractivity contribution in [1.29, 1.82) is 0 Å². The summed E-state index contributed by atoms with van der Waals surface area (Å²) < 4.78 is 0. The van der Waals surface area contributed by atoms with Crippen LogP contribution in [-0.4, -0.2) is 33.9 Å². The minimum atomic E-state index is -1.05. The minimum Gasteiger partial charge on any atom is -0.479 e. The van der Waals surface area contributed by atoms with Gasteiger partial charge in [0.15, 0.2) is 6.04 Å². The number of aromatic nitrogens is 1. The lowest BCUT2D eigenvalue weighted by Gasteiger charge is -2.22. The summed E-state index contributed by atoms with van der Waals surface area (Å²) in [5.74, 6) is -1.05. The van der Waals surface area contributed by atoms with Gasteiger partial charge in [0.2, 0.25) is 6.41 Å². The number of amides is 1. The quantitative estimate of drug-likeness (QED) is 0.741. The van der Waals surface area contributed by atoms with E-state index in [0.717, 1.165) is 0 Å². The van der Waals surface area contributed by atoms with Gasteiger partial charge in [-0.05, 0) is 6.42 Å². The predicted molar refractivity (Wildman–Crippen MR) is 55.6 cm³/mol. The molecule has 0 saturated carbocycles. The Morgan fingerprint density at radius 1 is 1.80 bits per heavy atom. The molecular weight excluding hydrogens is 216 g/mol. The Labute approximate surface area is 91.4 Å². The van der Waals surface area contributed by atoms with Gasteiger partial charge in [-0.15, -0.1) is 11.3 Å². The molecule has 0 spiro atoms. The van der Waals surface area contributed by atoms with Crippen LogP contribution < -0.4 is 0 Å². The Hall–Kier alpha value is -1.43. The van der Waals surface area contributed by atoms with Crippen molar-refractivity contribution in [1.82, 2.24) is 9.88 Å². The molecule has 0 saturated heterocycles. The van der Waals surface area contributed by atoms with E-state index in [4.69, 9.17) is 5.11 Å². The summed E-state index contributed by atoms with van der Waals surface area (Å²) in [5, 5.41) is 11.2. The number of thiazole rings is 1. The predicted octanol–water partition coefficient (Wildman–Crippen LogP) is 1.14. The summed E-state index contributed by atoms with van der Waals surface area (Å²) in [7, 11) is 0. The number of carboxylic acids is 1. The van der Waals surface area contributed by atoms with Crippen molar-refractivity contribution in [3.8, 4) is 0 Å². The second-order valence-corrected chi connectivity index (χ2v) is 3.88. The van der Waals surface area contributed by atoms with Crippen LogP contribution in [0.5, 0.6) is 0 Å². The van der Waals surface area contributed by atoms with Crippen LogP contribution in [0.3, 0.4) is 0 Å². The normalized spacial score (nSPS) is 12.1. The topological polar surface area (TPSA) is 70.5 Å². The molecule has 1 atom stereocenters. The maximum Gasteiger partial charge on any atom is 0.333 e. The van der Waals surface area contributed by atoms with Crippen LogP contribution in [0.1, 0.15) is 24.4 Å². The van der Waals surface area contributed by atoms with Crippen molar-refractivity contribution < 1.29 is 14.7 Å². The molecular formula is C9H12N2O3S. The van der Waals surface area contributed by atoms with Gasteiger partial charge in [0.1, 0.15) is 5.01 Å². The number of carbonyl (C=O) groups is 2. The Kier molecular flexibility index (Phi) is 4.23. The van der Waals surface area contributed by atoms with Gasteiger partial charge in [0.25, 0.3) is 0 Å². The molecule has 0 bridgehead atoms. The Morgan fingerprint density at radius 3 is 2.93 bits per heavy atom. The standard InChI is InChI=1S/C9H12N2O3S/c1-2-4-11(6-12)7(9(13)14)8-10-3-5-15-8/h3,5-7H,2,4H2,1H3,(H,13,14). The lowest BCUT2D eigenvalue weighted by molar-refractivity contribution is -0.146. The van der Waals surface area contributed by atoms with Gasteiger partial charge in [0.05, 0.1) is 0 Å². The number of hydrogen-bond acceptors (Lipinski definition) is 4. The third kappa shape index (κ3) is 2.76. The molecule has 0 fully saturated rings. The molecule has 0 aliphatic rings. The summed E-state index contributed by atoms with van der Waals surface area (Å²) >= 11 is 1.24. The molecule has 6 heteroatoms. The summed E-state index contributed by atoms with van der Waals surface area (Å²) in [4.78, 5) is 27.0. The fourth-order valence-electron chi connectivity index (χ4n) is 1.26. The first-order chi connectivity index (χ1) is 7.20. The van der Waals surface area contributed by atoms with Crippen LogP contribution in [0.15, 0.2) is 11.6 Å². The molecule has 1 heterocycles. The third-order valence-corrected chi connectivity index (χ3v) is 2.70. The summed E-state index contributed by atoms with van der Waals surface area (Å²) in [5.41, 5.74) is 0. The van der Waals surface area contributed by atoms with Crippen LogP contribution in [0.4, 0.5) is 0 Å². The fourth-order valence-corrected chi connectivity index (χ4v) is 2.01. The first-order valence-electron chi connectivity index (χ1n) is 4.54. The highest BCUT2D eigenvalue weighted by atomic mass is 32.1. The lowest BCUT2D eigenvalue weighted by atomic mass is 10.2. The van der Waals surface area contributed by atoms with E-state index in [1.54, 1.807) is 5.38 Å². The molecule has 1 N–H and O–H groups in total. The molecule has 0 aromatic carbocycles. The van der Waals surface area contributed by atoms with Crippen LogP contribution in [-0.2, 0) is 9.59 Å². The van der Waals surface area contributed by atoms with Crippen molar-refractivity contribution in [2.75, 3.05) is 6.54 Å². The van der Waals surface area contributed by atoms with E-state index < -0.39 is 12.0 Å². The largest absolute Gasteiger partial charge is 0.479 e. The van der Waals surface area contributed by atoms with Crippen molar-refractivity contribution >= 4 is 23.7 Å². The maximum absolute atomic E-state index is 11.0. The number of hydrogen-bond donors (Lipinski definition) is 1. The highest BCUT2D eigenvalue weighted by Gasteiger charge is 2.28. The molecule has 82 valence electrons. The molecule has 1 aromatic rings. The zero-order valence-electron chi connectivity index (χ0n) is 8.29. The van der Waals surface area contributed by atoms with E-state index in [0.29, 0.717) is 24.4 Å². The SMILES string of the molecule is CCCN(C=O)C(C(=O)O)c1nccs1. The zero-order chi connectivity index (χ0) is 11.3. The summed E-state index contributed by atoms with van der Waals surface area (Å²) in [6.45, 7) is 2.30. The van der Waals surface area contributed by atoms with Gasteiger partial charge < -0.3 is 10.0 Å². The van der Waals surface area contributed by atoms with Crippen LogP contribution in [0, 0.1) is 0 Å². The first kappa shape index (κ1) is 11.6. The van der Waals surface area contributed by atoms with Gasteiger partial charge in [-0.2, -0.15) is 0 Å². The molecule has 1 rings (SSSR count). The van der Waals surface area contributed by atoms with Crippen molar-refractivity contribution in [3.63, 3.8) is 0 Å².